The molecule has 0 aliphatic rings. The first kappa shape index (κ1) is 11.2. The number of nitrogens with zero attached hydrogens (tertiary/aromatic N) is 1. The molecule has 0 fully saturated rings. The predicted molar refractivity (Wildman–Crippen MR) is 64.6 cm³/mol. The summed E-state index contributed by atoms with van der Waals surface area (Å²) in [6.45, 7) is 5.02. The van der Waals surface area contributed by atoms with Crippen LogP contribution in [0.5, 0.6) is 0 Å². The molecule has 0 radical (unpaired) electrons. The van der Waals surface area contributed by atoms with Gasteiger partial charge in [0.2, 0.25) is 0 Å². The summed E-state index contributed by atoms with van der Waals surface area (Å²) >= 11 is 3.40. The molecule has 0 saturated carbocycles. The van der Waals surface area contributed by atoms with Crippen LogP contribution in [0.15, 0.2) is 33.7 Å². The fourth-order valence-corrected chi connectivity index (χ4v) is 1.42. The largest absolute Gasteiger partial charge is 0.384 e. The van der Waals surface area contributed by atoms with Crippen molar-refractivity contribution in [2.45, 2.75) is 13.8 Å². The minimum Gasteiger partial charge on any atom is -0.384 e. The zero-order chi connectivity index (χ0) is 10.6. The lowest BCUT2D eigenvalue weighted by Gasteiger charge is -2.03. The number of hydrogen-bond donors (Lipinski definition) is 1. The monoisotopic (exact) mass is 254 g/mol. The molecule has 0 heterocycles. The standard InChI is InChI=1S/C11H15BrN2/c1-8(2)7-14-11(13)9-4-3-5-10(12)6-9/h3-6,8H,7H2,1-2H3,(H2,13,14). The fourth-order valence-electron chi connectivity index (χ4n) is 1.02. The highest BCUT2D eigenvalue weighted by atomic mass is 79.9. The summed E-state index contributed by atoms with van der Waals surface area (Å²) in [6, 6.07) is 7.86. The van der Waals surface area contributed by atoms with Crippen molar-refractivity contribution in [1.82, 2.24) is 0 Å². The summed E-state index contributed by atoms with van der Waals surface area (Å²) in [5.41, 5.74) is 6.81. The lowest BCUT2D eigenvalue weighted by Crippen LogP contribution is -2.14. The molecule has 0 spiro atoms. The molecule has 14 heavy (non-hydrogen) atoms. The van der Waals surface area contributed by atoms with E-state index >= 15 is 0 Å². The zero-order valence-corrected chi connectivity index (χ0v) is 10.1. The van der Waals surface area contributed by atoms with E-state index in [4.69, 9.17) is 5.73 Å². The van der Waals surface area contributed by atoms with E-state index < -0.39 is 0 Å². The SMILES string of the molecule is CC(C)CN=C(N)c1cccc(Br)c1. The van der Waals surface area contributed by atoms with Gasteiger partial charge in [-0.05, 0) is 18.1 Å². The molecule has 0 bridgehead atoms. The molecule has 1 aromatic carbocycles. The summed E-state index contributed by atoms with van der Waals surface area (Å²) < 4.78 is 1.03. The van der Waals surface area contributed by atoms with Crippen molar-refractivity contribution in [3.8, 4) is 0 Å². The predicted octanol–water partition coefficient (Wildman–Crippen LogP) is 2.81. The van der Waals surface area contributed by atoms with Gasteiger partial charge in [0, 0.05) is 16.6 Å². The lowest BCUT2D eigenvalue weighted by molar-refractivity contribution is 0.665. The van der Waals surface area contributed by atoms with Crippen molar-refractivity contribution in [2.24, 2.45) is 16.6 Å². The molecule has 2 nitrogen and oxygen atoms in total. The number of rotatable bonds is 3. The van der Waals surface area contributed by atoms with E-state index in [0.29, 0.717) is 11.8 Å². The van der Waals surface area contributed by atoms with Gasteiger partial charge < -0.3 is 5.73 Å². The van der Waals surface area contributed by atoms with Gasteiger partial charge in [0.1, 0.15) is 5.84 Å². The Morgan fingerprint density at radius 2 is 2.21 bits per heavy atom. The first-order valence-electron chi connectivity index (χ1n) is 4.65. The molecule has 76 valence electrons. The Bertz CT molecular complexity index is 332. The van der Waals surface area contributed by atoms with Crippen molar-refractivity contribution in [2.75, 3.05) is 6.54 Å². The van der Waals surface area contributed by atoms with Crippen LogP contribution in [-0.4, -0.2) is 12.4 Å². The van der Waals surface area contributed by atoms with E-state index in [1.54, 1.807) is 0 Å². The van der Waals surface area contributed by atoms with Crippen LogP contribution in [0.1, 0.15) is 19.4 Å². The quantitative estimate of drug-likeness (QED) is 0.654. The third-order valence-electron chi connectivity index (χ3n) is 1.75. The van der Waals surface area contributed by atoms with Crippen molar-refractivity contribution < 1.29 is 0 Å². The van der Waals surface area contributed by atoms with Crippen LogP contribution in [0, 0.1) is 5.92 Å². The summed E-state index contributed by atoms with van der Waals surface area (Å²) in [6.07, 6.45) is 0. The summed E-state index contributed by atoms with van der Waals surface area (Å²) in [5, 5.41) is 0. The highest BCUT2D eigenvalue weighted by molar-refractivity contribution is 9.10. The number of nitrogens with two attached hydrogens (primary N) is 1. The molecule has 0 aliphatic heterocycles. The van der Waals surface area contributed by atoms with Gasteiger partial charge in [-0.2, -0.15) is 0 Å². The summed E-state index contributed by atoms with van der Waals surface area (Å²) in [5.74, 6) is 1.15. The molecule has 0 aromatic heterocycles. The molecule has 3 heteroatoms. The molecule has 0 unspecified atom stereocenters. The number of aliphatic imine (C=N–C) groups is 1. The normalized spacial score (nSPS) is 12.1. The Morgan fingerprint density at radius 3 is 2.79 bits per heavy atom. The van der Waals surface area contributed by atoms with Gasteiger partial charge in [0.05, 0.1) is 0 Å². The molecule has 1 rings (SSSR count). The van der Waals surface area contributed by atoms with E-state index in [-0.39, 0.29) is 0 Å². The van der Waals surface area contributed by atoms with Crippen molar-refractivity contribution >= 4 is 21.8 Å². The topological polar surface area (TPSA) is 38.4 Å². The Labute approximate surface area is 93.4 Å². The van der Waals surface area contributed by atoms with Gasteiger partial charge in [-0.1, -0.05) is 41.9 Å². The van der Waals surface area contributed by atoms with Gasteiger partial charge in [-0.25, -0.2) is 0 Å². The van der Waals surface area contributed by atoms with E-state index in [2.05, 4.69) is 34.8 Å². The first-order chi connectivity index (χ1) is 6.59. The Balaban J connectivity index is 2.78. The molecule has 2 N–H and O–H groups in total. The molecule has 1 aromatic rings. The minimum absolute atomic E-state index is 0.542. The molecular weight excluding hydrogens is 240 g/mol. The fraction of sp³-hybridized carbons (Fsp3) is 0.364. The average Bonchev–Trinajstić information content (AvgIpc) is 2.14. The number of halogens is 1. The minimum atomic E-state index is 0.542. The maximum absolute atomic E-state index is 5.84. The van der Waals surface area contributed by atoms with Crippen LogP contribution in [-0.2, 0) is 0 Å². The van der Waals surface area contributed by atoms with Crippen LogP contribution >= 0.6 is 15.9 Å². The highest BCUT2D eigenvalue weighted by Crippen LogP contribution is 2.11. The summed E-state index contributed by atoms with van der Waals surface area (Å²) in [4.78, 5) is 4.31. The van der Waals surface area contributed by atoms with E-state index in [9.17, 15) is 0 Å². The van der Waals surface area contributed by atoms with Crippen LogP contribution in [0.3, 0.4) is 0 Å². The Hall–Kier alpha value is -0.830. The van der Waals surface area contributed by atoms with Crippen LogP contribution < -0.4 is 5.73 Å². The smallest absolute Gasteiger partial charge is 0.125 e. The van der Waals surface area contributed by atoms with Gasteiger partial charge in [0.15, 0.2) is 0 Å². The highest BCUT2D eigenvalue weighted by Gasteiger charge is 1.99. The molecule has 0 saturated heterocycles. The first-order valence-corrected chi connectivity index (χ1v) is 5.44. The molecule has 0 aliphatic carbocycles. The second-order valence-electron chi connectivity index (χ2n) is 3.63. The van der Waals surface area contributed by atoms with Gasteiger partial charge in [-0.15, -0.1) is 0 Å². The number of benzene rings is 1. The van der Waals surface area contributed by atoms with Crippen molar-refractivity contribution in [1.29, 1.82) is 0 Å². The third-order valence-corrected chi connectivity index (χ3v) is 2.24. The van der Waals surface area contributed by atoms with Crippen molar-refractivity contribution in [3.05, 3.63) is 34.3 Å². The van der Waals surface area contributed by atoms with Crippen LogP contribution in [0.25, 0.3) is 0 Å². The van der Waals surface area contributed by atoms with Gasteiger partial charge in [-0.3, -0.25) is 4.99 Å². The lowest BCUT2D eigenvalue weighted by atomic mass is 10.2. The maximum Gasteiger partial charge on any atom is 0.125 e. The second-order valence-corrected chi connectivity index (χ2v) is 4.55. The Morgan fingerprint density at radius 1 is 1.50 bits per heavy atom. The van der Waals surface area contributed by atoms with Gasteiger partial charge >= 0.3 is 0 Å². The van der Waals surface area contributed by atoms with E-state index in [0.717, 1.165) is 16.6 Å². The third kappa shape index (κ3) is 3.50. The van der Waals surface area contributed by atoms with Crippen molar-refractivity contribution in [3.63, 3.8) is 0 Å². The van der Waals surface area contributed by atoms with Gasteiger partial charge in [0.25, 0.3) is 0 Å². The summed E-state index contributed by atoms with van der Waals surface area (Å²) in [7, 11) is 0. The van der Waals surface area contributed by atoms with E-state index in [1.807, 2.05) is 24.3 Å². The molecular formula is C11H15BrN2. The maximum atomic E-state index is 5.84. The van der Waals surface area contributed by atoms with E-state index in [1.165, 1.54) is 0 Å². The van der Waals surface area contributed by atoms with Crippen LogP contribution in [0.2, 0.25) is 0 Å². The number of amidine groups is 1. The average molecular weight is 255 g/mol. The zero-order valence-electron chi connectivity index (χ0n) is 8.50. The van der Waals surface area contributed by atoms with Crippen LogP contribution in [0.4, 0.5) is 0 Å². The molecule has 0 atom stereocenters. The molecule has 0 amide bonds. The Kier molecular flexibility index (Phi) is 4.14. The second kappa shape index (κ2) is 5.15. The number of hydrogen-bond acceptors (Lipinski definition) is 1.